The van der Waals surface area contributed by atoms with E-state index in [9.17, 15) is 4.79 Å². The van der Waals surface area contributed by atoms with Crippen LogP contribution in [0.3, 0.4) is 0 Å². The van der Waals surface area contributed by atoms with Crippen LogP contribution in [0.4, 0.5) is 11.6 Å². The van der Waals surface area contributed by atoms with Crippen LogP contribution < -0.4 is 9.80 Å². The molecule has 2 saturated heterocycles. The summed E-state index contributed by atoms with van der Waals surface area (Å²) >= 11 is 0. The van der Waals surface area contributed by atoms with Gasteiger partial charge < -0.3 is 14.7 Å². The number of aromatic amines is 1. The number of carbonyl (C=O) groups is 1. The van der Waals surface area contributed by atoms with Crippen molar-refractivity contribution in [1.29, 1.82) is 0 Å². The van der Waals surface area contributed by atoms with Crippen molar-refractivity contribution in [3.05, 3.63) is 29.8 Å². The highest BCUT2D eigenvalue weighted by atomic mass is 16.2. The first kappa shape index (κ1) is 16.8. The van der Waals surface area contributed by atoms with Gasteiger partial charge in [0.1, 0.15) is 18.0 Å². The second kappa shape index (κ2) is 6.93. The maximum Gasteiger partial charge on any atom is 0.241 e. The SMILES string of the molecule is Cc1[nH]ncc1C1CCN(c2cc(N3CCN(C)C(=O)C3)ncn2)CC1. The maximum atomic E-state index is 12.0. The van der Waals surface area contributed by atoms with E-state index in [1.807, 2.05) is 24.2 Å². The van der Waals surface area contributed by atoms with E-state index < -0.39 is 0 Å². The Morgan fingerprint density at radius 1 is 1.08 bits per heavy atom. The van der Waals surface area contributed by atoms with Gasteiger partial charge in [0.2, 0.25) is 5.91 Å². The summed E-state index contributed by atoms with van der Waals surface area (Å²) in [5.74, 6) is 2.47. The van der Waals surface area contributed by atoms with Crippen LogP contribution in [0.5, 0.6) is 0 Å². The van der Waals surface area contributed by atoms with Crippen LogP contribution in [0.1, 0.15) is 30.0 Å². The van der Waals surface area contributed by atoms with E-state index in [1.54, 1.807) is 11.2 Å². The summed E-state index contributed by atoms with van der Waals surface area (Å²) in [5, 5.41) is 7.19. The molecule has 0 unspecified atom stereocenters. The average molecular weight is 355 g/mol. The molecule has 0 bridgehead atoms. The first-order valence-electron chi connectivity index (χ1n) is 9.17. The van der Waals surface area contributed by atoms with Crippen molar-refractivity contribution in [2.75, 3.05) is 49.6 Å². The van der Waals surface area contributed by atoms with E-state index in [2.05, 4.69) is 32.0 Å². The van der Waals surface area contributed by atoms with Gasteiger partial charge in [0, 0.05) is 45.0 Å². The number of nitrogens with one attached hydrogen (secondary N) is 1. The monoisotopic (exact) mass is 355 g/mol. The molecule has 8 nitrogen and oxygen atoms in total. The van der Waals surface area contributed by atoms with Gasteiger partial charge in [-0.2, -0.15) is 5.10 Å². The summed E-state index contributed by atoms with van der Waals surface area (Å²) in [6.45, 7) is 5.94. The largest absolute Gasteiger partial charge is 0.356 e. The van der Waals surface area contributed by atoms with Gasteiger partial charge in [-0.25, -0.2) is 9.97 Å². The zero-order valence-electron chi connectivity index (χ0n) is 15.4. The van der Waals surface area contributed by atoms with E-state index in [0.717, 1.165) is 50.7 Å². The molecule has 0 radical (unpaired) electrons. The van der Waals surface area contributed by atoms with Gasteiger partial charge in [0.05, 0.1) is 12.7 Å². The van der Waals surface area contributed by atoms with E-state index in [1.165, 1.54) is 11.3 Å². The Balaban J connectivity index is 1.43. The van der Waals surface area contributed by atoms with Crippen LogP contribution in [0, 0.1) is 6.92 Å². The molecule has 4 heterocycles. The van der Waals surface area contributed by atoms with Gasteiger partial charge in [-0.15, -0.1) is 0 Å². The zero-order valence-corrected chi connectivity index (χ0v) is 15.4. The number of piperidine rings is 1. The number of aromatic nitrogens is 4. The van der Waals surface area contributed by atoms with Gasteiger partial charge >= 0.3 is 0 Å². The minimum absolute atomic E-state index is 0.132. The molecule has 2 aliphatic rings. The number of rotatable bonds is 3. The van der Waals surface area contributed by atoms with E-state index in [4.69, 9.17) is 0 Å². The fraction of sp³-hybridized carbons (Fsp3) is 0.556. The van der Waals surface area contributed by atoms with Crippen LogP contribution in [0.25, 0.3) is 0 Å². The summed E-state index contributed by atoms with van der Waals surface area (Å²) in [6, 6.07) is 2.02. The summed E-state index contributed by atoms with van der Waals surface area (Å²) in [6.07, 6.45) is 5.75. The van der Waals surface area contributed by atoms with Gasteiger partial charge in [-0.1, -0.05) is 0 Å². The summed E-state index contributed by atoms with van der Waals surface area (Å²) in [5.41, 5.74) is 2.51. The smallest absolute Gasteiger partial charge is 0.241 e. The molecule has 0 atom stereocenters. The molecule has 4 rings (SSSR count). The molecular weight excluding hydrogens is 330 g/mol. The zero-order chi connectivity index (χ0) is 18.1. The quantitative estimate of drug-likeness (QED) is 0.890. The Hall–Kier alpha value is -2.64. The van der Waals surface area contributed by atoms with Crippen molar-refractivity contribution in [3.8, 4) is 0 Å². The van der Waals surface area contributed by atoms with Crippen LogP contribution in [-0.2, 0) is 4.79 Å². The minimum atomic E-state index is 0.132. The maximum absolute atomic E-state index is 12.0. The molecule has 26 heavy (non-hydrogen) atoms. The predicted octanol–water partition coefficient (Wildman–Crippen LogP) is 1.17. The Morgan fingerprint density at radius 2 is 1.81 bits per heavy atom. The van der Waals surface area contributed by atoms with Crippen molar-refractivity contribution in [2.45, 2.75) is 25.7 Å². The van der Waals surface area contributed by atoms with Crippen LogP contribution in [0.15, 0.2) is 18.6 Å². The number of anilines is 2. The van der Waals surface area contributed by atoms with Crippen LogP contribution >= 0.6 is 0 Å². The highest BCUT2D eigenvalue weighted by Crippen LogP contribution is 2.31. The third-order valence-electron chi connectivity index (χ3n) is 5.55. The highest BCUT2D eigenvalue weighted by molar-refractivity contribution is 5.82. The molecule has 138 valence electrons. The van der Waals surface area contributed by atoms with Crippen molar-refractivity contribution in [1.82, 2.24) is 25.1 Å². The summed E-state index contributed by atoms with van der Waals surface area (Å²) in [7, 11) is 1.84. The summed E-state index contributed by atoms with van der Waals surface area (Å²) in [4.78, 5) is 26.9. The first-order chi connectivity index (χ1) is 12.6. The number of hydrogen-bond donors (Lipinski definition) is 1. The van der Waals surface area contributed by atoms with Gasteiger partial charge in [0.15, 0.2) is 0 Å². The summed E-state index contributed by atoms with van der Waals surface area (Å²) < 4.78 is 0. The molecule has 2 aromatic heterocycles. The second-order valence-corrected chi connectivity index (χ2v) is 7.18. The number of nitrogens with zero attached hydrogens (tertiary/aromatic N) is 6. The Morgan fingerprint density at radius 3 is 2.46 bits per heavy atom. The van der Waals surface area contributed by atoms with Crippen LogP contribution in [-0.4, -0.2) is 70.7 Å². The standard InChI is InChI=1S/C18H25N7O/c1-13-15(10-21-22-13)14-3-5-24(6-4-14)16-9-17(20-12-19-16)25-8-7-23(2)18(26)11-25/h9-10,12,14H,3-8,11H2,1-2H3,(H,21,22). The Kier molecular flexibility index (Phi) is 4.48. The number of amides is 1. The van der Waals surface area contributed by atoms with E-state index in [0.29, 0.717) is 12.5 Å². The molecule has 1 N–H and O–H groups in total. The van der Waals surface area contributed by atoms with Crippen LogP contribution in [0.2, 0.25) is 0 Å². The lowest BCUT2D eigenvalue weighted by Crippen LogP contribution is -2.48. The van der Waals surface area contributed by atoms with Gasteiger partial charge in [0.25, 0.3) is 0 Å². The lowest BCUT2D eigenvalue weighted by Gasteiger charge is -2.35. The van der Waals surface area contributed by atoms with Gasteiger partial charge in [-0.05, 0) is 31.2 Å². The molecule has 2 aromatic rings. The molecule has 2 aliphatic heterocycles. The molecule has 0 saturated carbocycles. The van der Waals surface area contributed by atoms with E-state index in [-0.39, 0.29) is 5.91 Å². The number of piperazine rings is 1. The number of carbonyl (C=O) groups excluding carboxylic acids is 1. The molecule has 2 fully saturated rings. The Labute approximate surface area is 153 Å². The number of H-pyrrole nitrogens is 1. The van der Waals surface area contributed by atoms with Gasteiger partial charge in [-0.3, -0.25) is 9.89 Å². The van der Waals surface area contributed by atoms with Crippen molar-refractivity contribution >= 4 is 17.5 Å². The lowest BCUT2D eigenvalue weighted by atomic mass is 9.90. The third kappa shape index (κ3) is 3.23. The third-order valence-corrected chi connectivity index (χ3v) is 5.55. The minimum Gasteiger partial charge on any atom is -0.356 e. The highest BCUT2D eigenvalue weighted by Gasteiger charge is 2.25. The lowest BCUT2D eigenvalue weighted by molar-refractivity contribution is -0.129. The molecule has 8 heteroatoms. The molecule has 1 amide bonds. The van der Waals surface area contributed by atoms with Crippen molar-refractivity contribution in [3.63, 3.8) is 0 Å². The second-order valence-electron chi connectivity index (χ2n) is 7.18. The number of hydrogen-bond acceptors (Lipinski definition) is 6. The van der Waals surface area contributed by atoms with E-state index >= 15 is 0 Å². The van der Waals surface area contributed by atoms with Crippen molar-refractivity contribution in [2.24, 2.45) is 0 Å². The average Bonchev–Trinajstić information content (AvgIpc) is 3.10. The molecule has 0 spiro atoms. The van der Waals surface area contributed by atoms with Crippen molar-refractivity contribution < 1.29 is 4.79 Å². The predicted molar refractivity (Wildman–Crippen MR) is 99.4 cm³/mol. The Bertz CT molecular complexity index is 781. The fourth-order valence-electron chi connectivity index (χ4n) is 3.83. The number of aryl methyl sites for hydroxylation is 1. The number of likely N-dealkylation sites (N-methyl/N-ethyl adjacent to an activating group) is 1. The molecule has 0 aromatic carbocycles. The fourth-order valence-corrected chi connectivity index (χ4v) is 3.83. The topological polar surface area (TPSA) is 81.3 Å². The first-order valence-corrected chi connectivity index (χ1v) is 9.17. The molecule has 0 aliphatic carbocycles. The normalized spacial score (nSPS) is 19.3. The molecular formula is C18H25N7O.